The zero-order chi connectivity index (χ0) is 8.20. The molecule has 0 fully saturated rings. The maximum Gasteiger partial charge on any atom is 0.389 e. The lowest BCUT2D eigenvalue weighted by molar-refractivity contribution is -0.140. The van der Waals surface area contributed by atoms with Gasteiger partial charge < -0.3 is 4.74 Å². The van der Waals surface area contributed by atoms with E-state index in [0.29, 0.717) is 0 Å². The fraction of sp³-hybridized carbons (Fsp3) is 1.00. The first kappa shape index (κ1) is 9.75. The molecule has 4 heteroatoms. The Morgan fingerprint density at radius 1 is 1.40 bits per heavy atom. The molecule has 0 radical (unpaired) electrons. The summed E-state index contributed by atoms with van der Waals surface area (Å²) in [6.45, 7) is 1.62. The lowest BCUT2D eigenvalue weighted by atomic mass is 10.2. The molecule has 0 saturated heterocycles. The summed E-state index contributed by atoms with van der Waals surface area (Å²) in [5, 5.41) is 0. The molecule has 0 rings (SSSR count). The molecule has 0 amide bonds. The van der Waals surface area contributed by atoms with Crippen molar-refractivity contribution in [1.82, 2.24) is 0 Å². The number of alkyl halides is 3. The van der Waals surface area contributed by atoms with E-state index in [1.54, 1.807) is 6.92 Å². The van der Waals surface area contributed by atoms with Gasteiger partial charge in [-0.15, -0.1) is 0 Å². The van der Waals surface area contributed by atoms with Crippen LogP contribution in [-0.4, -0.2) is 19.4 Å². The van der Waals surface area contributed by atoms with Crippen LogP contribution in [0.3, 0.4) is 0 Å². The summed E-state index contributed by atoms with van der Waals surface area (Å²) < 4.78 is 39.1. The normalized spacial score (nSPS) is 15.3. The average Bonchev–Trinajstić information content (AvgIpc) is 1.81. The maximum absolute atomic E-state index is 11.5. The highest BCUT2D eigenvalue weighted by atomic mass is 19.4. The summed E-state index contributed by atoms with van der Waals surface area (Å²) >= 11 is 0. The third kappa shape index (κ3) is 5.88. The molecule has 0 aliphatic rings. The standard InChI is InChI=1S/C6H11F3O/c1-5(10-2)3-4-6(7,8)9/h5H,3-4H2,1-2H3. The van der Waals surface area contributed by atoms with Crippen molar-refractivity contribution in [2.75, 3.05) is 7.11 Å². The fourth-order valence-corrected chi connectivity index (χ4v) is 0.485. The van der Waals surface area contributed by atoms with Crippen LogP contribution in [0.25, 0.3) is 0 Å². The minimum atomic E-state index is -4.05. The van der Waals surface area contributed by atoms with Crippen molar-refractivity contribution in [3.8, 4) is 0 Å². The molecular weight excluding hydrogens is 145 g/mol. The third-order valence-electron chi connectivity index (χ3n) is 1.24. The van der Waals surface area contributed by atoms with E-state index < -0.39 is 12.6 Å². The van der Waals surface area contributed by atoms with Gasteiger partial charge in [-0.2, -0.15) is 13.2 Å². The molecule has 0 aromatic heterocycles. The van der Waals surface area contributed by atoms with Crippen molar-refractivity contribution in [1.29, 1.82) is 0 Å². The zero-order valence-corrected chi connectivity index (χ0v) is 6.03. The molecule has 1 atom stereocenters. The monoisotopic (exact) mass is 156 g/mol. The smallest absolute Gasteiger partial charge is 0.382 e. The molecule has 0 aromatic carbocycles. The first-order valence-corrected chi connectivity index (χ1v) is 3.05. The summed E-state index contributed by atoms with van der Waals surface area (Å²) in [7, 11) is 1.40. The topological polar surface area (TPSA) is 9.23 Å². The molecule has 0 saturated carbocycles. The molecule has 0 bridgehead atoms. The molecule has 62 valence electrons. The number of rotatable bonds is 3. The Bertz CT molecular complexity index is 89.5. The second kappa shape index (κ2) is 3.81. The summed E-state index contributed by atoms with van der Waals surface area (Å²) in [6.07, 6.45) is -5.07. The second-order valence-electron chi connectivity index (χ2n) is 2.20. The molecule has 1 unspecified atom stereocenters. The Labute approximate surface area is 58.2 Å². The van der Waals surface area contributed by atoms with Gasteiger partial charge in [-0.3, -0.25) is 0 Å². The Balaban J connectivity index is 3.36. The summed E-state index contributed by atoms with van der Waals surface area (Å²) in [6, 6.07) is 0. The van der Waals surface area contributed by atoms with Crippen molar-refractivity contribution in [2.24, 2.45) is 0 Å². The minimum Gasteiger partial charge on any atom is -0.382 e. The first-order valence-electron chi connectivity index (χ1n) is 3.05. The highest BCUT2D eigenvalue weighted by molar-refractivity contribution is 4.55. The van der Waals surface area contributed by atoms with Crippen LogP contribution in [0.5, 0.6) is 0 Å². The van der Waals surface area contributed by atoms with E-state index >= 15 is 0 Å². The van der Waals surface area contributed by atoms with Crippen LogP contribution in [-0.2, 0) is 4.74 Å². The van der Waals surface area contributed by atoms with E-state index in [0.717, 1.165) is 0 Å². The summed E-state index contributed by atoms with van der Waals surface area (Å²) in [4.78, 5) is 0. The quantitative estimate of drug-likeness (QED) is 0.609. The van der Waals surface area contributed by atoms with Crippen LogP contribution in [0, 0.1) is 0 Å². The molecule has 0 aliphatic heterocycles. The highest BCUT2D eigenvalue weighted by Crippen LogP contribution is 2.22. The molecule has 0 N–H and O–H groups in total. The Hall–Kier alpha value is -0.250. The van der Waals surface area contributed by atoms with Crippen molar-refractivity contribution in [2.45, 2.75) is 32.0 Å². The van der Waals surface area contributed by atoms with Gasteiger partial charge in [0.15, 0.2) is 0 Å². The van der Waals surface area contributed by atoms with Gasteiger partial charge in [0.2, 0.25) is 0 Å². The lowest BCUT2D eigenvalue weighted by Crippen LogP contribution is -2.13. The van der Waals surface area contributed by atoms with E-state index in [2.05, 4.69) is 4.74 Å². The number of methoxy groups -OCH3 is 1. The van der Waals surface area contributed by atoms with Crippen molar-refractivity contribution < 1.29 is 17.9 Å². The van der Waals surface area contributed by atoms with E-state index in [-0.39, 0.29) is 12.5 Å². The van der Waals surface area contributed by atoms with E-state index in [1.807, 2.05) is 0 Å². The first-order chi connectivity index (χ1) is 4.45. The van der Waals surface area contributed by atoms with Gasteiger partial charge in [0.25, 0.3) is 0 Å². The van der Waals surface area contributed by atoms with Crippen LogP contribution in [0.2, 0.25) is 0 Å². The van der Waals surface area contributed by atoms with E-state index in [9.17, 15) is 13.2 Å². The Kier molecular flexibility index (Phi) is 3.71. The van der Waals surface area contributed by atoms with Gasteiger partial charge >= 0.3 is 6.18 Å². The molecule has 0 heterocycles. The molecule has 0 spiro atoms. The van der Waals surface area contributed by atoms with Gasteiger partial charge in [-0.1, -0.05) is 0 Å². The number of hydrogen-bond acceptors (Lipinski definition) is 1. The lowest BCUT2D eigenvalue weighted by Gasteiger charge is -2.10. The van der Waals surface area contributed by atoms with Gasteiger partial charge in [-0.05, 0) is 13.3 Å². The van der Waals surface area contributed by atoms with Gasteiger partial charge in [0.05, 0.1) is 6.10 Å². The van der Waals surface area contributed by atoms with Crippen LogP contribution in [0.4, 0.5) is 13.2 Å². The maximum atomic E-state index is 11.5. The van der Waals surface area contributed by atoms with Crippen LogP contribution >= 0.6 is 0 Å². The summed E-state index contributed by atoms with van der Waals surface area (Å²) in [5.41, 5.74) is 0. The average molecular weight is 156 g/mol. The summed E-state index contributed by atoms with van der Waals surface area (Å²) in [5.74, 6) is 0. The molecule has 1 nitrogen and oxygen atoms in total. The number of hydrogen-bond donors (Lipinski definition) is 0. The minimum absolute atomic E-state index is 0.0417. The molecular formula is C6H11F3O. The SMILES string of the molecule is COC(C)CCC(F)(F)F. The van der Waals surface area contributed by atoms with Crippen molar-refractivity contribution in [3.63, 3.8) is 0 Å². The van der Waals surface area contributed by atoms with Crippen LogP contribution in [0.15, 0.2) is 0 Å². The van der Waals surface area contributed by atoms with Gasteiger partial charge in [0, 0.05) is 13.5 Å². The second-order valence-corrected chi connectivity index (χ2v) is 2.20. The fourth-order valence-electron chi connectivity index (χ4n) is 0.485. The molecule has 0 aromatic rings. The predicted molar refractivity (Wildman–Crippen MR) is 31.8 cm³/mol. The van der Waals surface area contributed by atoms with Crippen LogP contribution < -0.4 is 0 Å². The highest BCUT2D eigenvalue weighted by Gasteiger charge is 2.27. The number of halogens is 3. The van der Waals surface area contributed by atoms with E-state index in [4.69, 9.17) is 0 Å². The van der Waals surface area contributed by atoms with Gasteiger partial charge in [-0.25, -0.2) is 0 Å². The van der Waals surface area contributed by atoms with E-state index in [1.165, 1.54) is 7.11 Å². The van der Waals surface area contributed by atoms with Crippen molar-refractivity contribution >= 4 is 0 Å². The third-order valence-corrected chi connectivity index (χ3v) is 1.24. The molecule has 0 aliphatic carbocycles. The Morgan fingerprint density at radius 2 is 1.90 bits per heavy atom. The molecule has 10 heavy (non-hydrogen) atoms. The predicted octanol–water partition coefficient (Wildman–Crippen LogP) is 2.36. The Morgan fingerprint density at radius 3 is 2.20 bits per heavy atom. The largest absolute Gasteiger partial charge is 0.389 e. The van der Waals surface area contributed by atoms with Crippen LogP contribution in [0.1, 0.15) is 19.8 Å². The van der Waals surface area contributed by atoms with Gasteiger partial charge in [0.1, 0.15) is 0 Å². The zero-order valence-electron chi connectivity index (χ0n) is 6.03. The number of ether oxygens (including phenoxy) is 1. The van der Waals surface area contributed by atoms with Crippen molar-refractivity contribution in [3.05, 3.63) is 0 Å².